The maximum Gasteiger partial charge on any atom is 0.232 e. The van der Waals surface area contributed by atoms with Crippen LogP contribution in [0.1, 0.15) is 5.56 Å². The van der Waals surface area contributed by atoms with E-state index in [1.807, 2.05) is 12.1 Å². The van der Waals surface area contributed by atoms with Crippen LogP contribution >= 0.6 is 0 Å². The molecule has 31 heavy (non-hydrogen) atoms. The summed E-state index contributed by atoms with van der Waals surface area (Å²) in [6.45, 7) is 0. The van der Waals surface area contributed by atoms with Gasteiger partial charge in [0.2, 0.25) is 5.91 Å². The molecule has 2 aromatic carbocycles. The third kappa shape index (κ3) is 4.21. The van der Waals surface area contributed by atoms with Crippen molar-refractivity contribution in [1.82, 2.24) is 14.8 Å². The fraction of sp³-hybridized carbons (Fsp3) is 0.125. The summed E-state index contributed by atoms with van der Waals surface area (Å²) >= 11 is 0. The Morgan fingerprint density at radius 1 is 0.903 bits per heavy atom. The highest BCUT2D eigenvalue weighted by molar-refractivity contribution is 6.00. The van der Waals surface area contributed by atoms with Gasteiger partial charge in [0.1, 0.15) is 23.1 Å². The molecule has 0 fully saturated rings. The highest BCUT2D eigenvalue weighted by Gasteiger charge is 2.25. The maximum atomic E-state index is 13.5. The van der Waals surface area contributed by atoms with Crippen molar-refractivity contribution >= 4 is 11.7 Å². The van der Waals surface area contributed by atoms with Gasteiger partial charge in [0, 0.05) is 32.1 Å². The van der Waals surface area contributed by atoms with Crippen LogP contribution in [0, 0.1) is 11.6 Å². The Hall–Kier alpha value is -3.87. The van der Waals surface area contributed by atoms with Crippen LogP contribution in [0.15, 0.2) is 73.1 Å². The van der Waals surface area contributed by atoms with E-state index in [0.717, 1.165) is 16.7 Å². The van der Waals surface area contributed by atoms with Crippen molar-refractivity contribution in [2.45, 2.75) is 6.42 Å². The van der Waals surface area contributed by atoms with Crippen LogP contribution in [-0.2, 0) is 18.3 Å². The van der Waals surface area contributed by atoms with Crippen molar-refractivity contribution in [3.8, 4) is 22.4 Å². The first-order chi connectivity index (χ1) is 14.9. The molecule has 0 aliphatic heterocycles. The van der Waals surface area contributed by atoms with E-state index in [9.17, 15) is 13.6 Å². The fourth-order valence-corrected chi connectivity index (χ4v) is 3.51. The first kappa shape index (κ1) is 20.4. The number of carbonyl (C=O) groups excluding carboxylic acids is 1. The Kier molecular flexibility index (Phi) is 5.58. The first-order valence-electron chi connectivity index (χ1n) is 9.68. The van der Waals surface area contributed by atoms with Crippen molar-refractivity contribution in [3.05, 3.63) is 90.3 Å². The lowest BCUT2D eigenvalue weighted by Crippen LogP contribution is -2.30. The third-order valence-corrected chi connectivity index (χ3v) is 5.06. The molecule has 0 aliphatic rings. The van der Waals surface area contributed by atoms with Gasteiger partial charge < -0.3 is 0 Å². The number of halogens is 2. The highest BCUT2D eigenvalue weighted by atomic mass is 19.1. The third-order valence-electron chi connectivity index (χ3n) is 5.06. The summed E-state index contributed by atoms with van der Waals surface area (Å²) in [5, 5.41) is 4.64. The molecular weight excluding hydrogens is 398 g/mol. The van der Waals surface area contributed by atoms with E-state index in [1.54, 1.807) is 60.3 Å². The second-order valence-electron chi connectivity index (χ2n) is 7.17. The summed E-state index contributed by atoms with van der Waals surface area (Å²) in [4.78, 5) is 18.7. The van der Waals surface area contributed by atoms with Gasteiger partial charge in [-0.05, 0) is 59.7 Å². The van der Waals surface area contributed by atoms with Crippen LogP contribution < -0.4 is 4.90 Å². The van der Waals surface area contributed by atoms with Gasteiger partial charge in [0.15, 0.2) is 0 Å². The second-order valence-corrected chi connectivity index (χ2v) is 7.17. The summed E-state index contributed by atoms with van der Waals surface area (Å²) in [6.07, 6.45) is 3.45. The lowest BCUT2D eigenvalue weighted by Gasteiger charge is -2.20. The average molecular weight is 418 g/mol. The van der Waals surface area contributed by atoms with Crippen molar-refractivity contribution in [3.63, 3.8) is 0 Å². The van der Waals surface area contributed by atoms with Crippen LogP contribution in [0.2, 0.25) is 0 Å². The van der Waals surface area contributed by atoms with Gasteiger partial charge in [-0.1, -0.05) is 12.1 Å². The van der Waals surface area contributed by atoms with Crippen LogP contribution in [0.5, 0.6) is 0 Å². The number of rotatable bonds is 5. The lowest BCUT2D eigenvalue weighted by molar-refractivity contribution is -0.117. The van der Waals surface area contributed by atoms with Gasteiger partial charge in [0.05, 0.1) is 12.0 Å². The highest BCUT2D eigenvalue weighted by Crippen LogP contribution is 2.39. The van der Waals surface area contributed by atoms with Crippen LogP contribution in [-0.4, -0.2) is 27.7 Å². The van der Waals surface area contributed by atoms with Crippen molar-refractivity contribution in [2.75, 3.05) is 11.9 Å². The molecule has 4 rings (SSSR count). The van der Waals surface area contributed by atoms with E-state index < -0.39 is 0 Å². The zero-order valence-electron chi connectivity index (χ0n) is 17.1. The molecule has 2 heterocycles. The Labute approximate surface area is 178 Å². The van der Waals surface area contributed by atoms with Crippen LogP contribution in [0.4, 0.5) is 14.6 Å². The van der Waals surface area contributed by atoms with Crippen molar-refractivity contribution in [2.24, 2.45) is 7.05 Å². The Morgan fingerprint density at radius 3 is 2.10 bits per heavy atom. The van der Waals surface area contributed by atoms with E-state index in [-0.39, 0.29) is 24.0 Å². The molecule has 4 aromatic rings. The van der Waals surface area contributed by atoms with Gasteiger partial charge in [0.25, 0.3) is 0 Å². The van der Waals surface area contributed by atoms with Gasteiger partial charge in [-0.3, -0.25) is 19.4 Å². The van der Waals surface area contributed by atoms with Gasteiger partial charge in [-0.25, -0.2) is 8.78 Å². The average Bonchev–Trinajstić information content (AvgIpc) is 3.12. The number of pyridine rings is 1. The molecule has 0 spiro atoms. The number of hydrogen-bond donors (Lipinski definition) is 0. The molecule has 0 saturated heterocycles. The number of carbonyl (C=O) groups is 1. The van der Waals surface area contributed by atoms with Crippen molar-refractivity contribution < 1.29 is 13.6 Å². The molecule has 0 radical (unpaired) electrons. The SMILES string of the molecule is CN(C(=O)Cc1ccc(F)cc1)c1c(-c2ccncc2)c(-c2ccc(F)cc2)nn1C. The first-order valence-corrected chi connectivity index (χ1v) is 9.68. The van der Waals surface area contributed by atoms with Gasteiger partial charge in [-0.15, -0.1) is 0 Å². The van der Waals surface area contributed by atoms with E-state index in [0.29, 0.717) is 17.1 Å². The summed E-state index contributed by atoms with van der Waals surface area (Å²) in [7, 11) is 3.44. The zero-order valence-corrected chi connectivity index (χ0v) is 17.1. The number of benzene rings is 2. The number of aryl methyl sites for hydroxylation is 1. The molecule has 0 atom stereocenters. The molecule has 156 valence electrons. The van der Waals surface area contributed by atoms with E-state index in [4.69, 9.17) is 0 Å². The largest absolute Gasteiger partial charge is 0.299 e. The van der Waals surface area contributed by atoms with E-state index in [2.05, 4.69) is 10.1 Å². The standard InChI is InChI=1S/C24H20F2N4O/c1-29(21(31)15-16-3-7-19(25)8-4-16)24-22(17-11-13-27-14-12-17)23(28-30(24)2)18-5-9-20(26)10-6-18/h3-14H,15H2,1-2H3. The number of likely N-dealkylation sites (N-methyl/N-ethyl adjacent to an activating group) is 1. The summed E-state index contributed by atoms with van der Waals surface area (Å²) in [5.41, 5.74) is 3.65. The molecule has 0 aliphatic carbocycles. The Morgan fingerprint density at radius 2 is 1.48 bits per heavy atom. The summed E-state index contributed by atoms with van der Waals surface area (Å²) < 4.78 is 28.3. The van der Waals surface area contributed by atoms with Crippen LogP contribution in [0.3, 0.4) is 0 Å². The monoisotopic (exact) mass is 418 g/mol. The normalized spacial score (nSPS) is 10.8. The molecule has 7 heteroatoms. The molecule has 2 aromatic heterocycles. The van der Waals surface area contributed by atoms with Gasteiger partial charge in [-0.2, -0.15) is 5.10 Å². The molecule has 0 bridgehead atoms. The number of amides is 1. The number of hydrogen-bond acceptors (Lipinski definition) is 3. The number of nitrogens with zero attached hydrogens (tertiary/aromatic N) is 4. The summed E-state index contributed by atoms with van der Waals surface area (Å²) in [5.74, 6) is -0.259. The molecular formula is C24H20F2N4O. The molecule has 5 nitrogen and oxygen atoms in total. The molecule has 0 saturated carbocycles. The fourth-order valence-electron chi connectivity index (χ4n) is 3.51. The maximum absolute atomic E-state index is 13.5. The van der Waals surface area contributed by atoms with Crippen molar-refractivity contribution in [1.29, 1.82) is 0 Å². The van der Waals surface area contributed by atoms with E-state index >= 15 is 0 Å². The van der Waals surface area contributed by atoms with E-state index in [1.165, 1.54) is 24.3 Å². The predicted octanol–water partition coefficient (Wildman–Crippen LogP) is 4.63. The topological polar surface area (TPSA) is 51.0 Å². The lowest BCUT2D eigenvalue weighted by atomic mass is 10.0. The number of anilines is 1. The Balaban J connectivity index is 1.78. The molecule has 0 unspecified atom stereocenters. The minimum atomic E-state index is -0.347. The molecule has 0 N–H and O–H groups in total. The molecule has 1 amide bonds. The zero-order chi connectivity index (χ0) is 22.0. The predicted molar refractivity (Wildman–Crippen MR) is 115 cm³/mol. The number of aromatic nitrogens is 3. The summed E-state index contributed by atoms with van der Waals surface area (Å²) in [6, 6.07) is 15.6. The Bertz CT molecular complexity index is 1200. The smallest absolute Gasteiger partial charge is 0.232 e. The van der Waals surface area contributed by atoms with Gasteiger partial charge >= 0.3 is 0 Å². The minimum absolute atomic E-state index is 0.115. The van der Waals surface area contributed by atoms with Crippen LogP contribution in [0.25, 0.3) is 22.4 Å². The minimum Gasteiger partial charge on any atom is -0.299 e. The second kappa shape index (κ2) is 8.47. The quantitative estimate of drug-likeness (QED) is 0.475.